The summed E-state index contributed by atoms with van der Waals surface area (Å²) >= 11 is 5.92. The summed E-state index contributed by atoms with van der Waals surface area (Å²) in [4.78, 5) is 28.7. The van der Waals surface area contributed by atoms with E-state index in [-0.39, 0.29) is 0 Å². The van der Waals surface area contributed by atoms with Gasteiger partial charge in [0, 0.05) is 34.0 Å². The van der Waals surface area contributed by atoms with E-state index in [0.717, 1.165) is 10.9 Å². The summed E-state index contributed by atoms with van der Waals surface area (Å²) < 4.78 is 16.8. The van der Waals surface area contributed by atoms with Crippen LogP contribution in [0.2, 0.25) is 5.02 Å². The van der Waals surface area contributed by atoms with Gasteiger partial charge in [0.25, 0.3) is 0 Å². The second-order valence-electron chi connectivity index (χ2n) is 7.65. The number of hydrogen-bond donors (Lipinski definition) is 3. The Kier molecular flexibility index (Phi) is 7.41. The zero-order valence-corrected chi connectivity index (χ0v) is 20.5. The van der Waals surface area contributed by atoms with E-state index in [1.807, 2.05) is 0 Å². The van der Waals surface area contributed by atoms with E-state index < -0.39 is 12.1 Å². The van der Waals surface area contributed by atoms with Crippen molar-refractivity contribution in [3.05, 3.63) is 77.4 Å². The number of amides is 4. The predicted molar refractivity (Wildman–Crippen MR) is 139 cm³/mol. The second-order valence-corrected chi connectivity index (χ2v) is 8.09. The number of carbonyl (C=O) groups is 2. The molecular formula is C26H23ClN4O5. The quantitative estimate of drug-likeness (QED) is 0.280. The number of urea groups is 2. The first-order chi connectivity index (χ1) is 17.4. The summed E-state index contributed by atoms with van der Waals surface area (Å²) in [7, 11) is 3.12. The van der Waals surface area contributed by atoms with Crippen molar-refractivity contribution >= 4 is 45.9 Å². The Labute approximate surface area is 212 Å². The summed E-state index contributed by atoms with van der Waals surface area (Å²) in [5.41, 5.74) is 2.48. The van der Waals surface area contributed by atoms with E-state index in [0.29, 0.717) is 44.9 Å². The maximum Gasteiger partial charge on any atom is 0.327 e. The fourth-order valence-corrected chi connectivity index (χ4v) is 3.68. The van der Waals surface area contributed by atoms with Crippen LogP contribution in [0.4, 0.5) is 21.0 Å². The zero-order chi connectivity index (χ0) is 25.7. The molecule has 4 aromatic rings. The predicted octanol–water partition coefficient (Wildman–Crippen LogP) is 6.36. The van der Waals surface area contributed by atoms with Crippen LogP contribution in [-0.4, -0.2) is 31.3 Å². The first-order valence-corrected chi connectivity index (χ1v) is 11.2. The van der Waals surface area contributed by atoms with Gasteiger partial charge < -0.3 is 24.8 Å². The van der Waals surface area contributed by atoms with E-state index in [2.05, 4.69) is 20.9 Å². The van der Waals surface area contributed by atoms with Crippen LogP contribution in [0.25, 0.3) is 10.9 Å². The molecular weight excluding hydrogens is 484 g/mol. The molecule has 10 heteroatoms. The molecule has 0 saturated heterocycles. The number of rotatable bonds is 6. The van der Waals surface area contributed by atoms with Gasteiger partial charge in [0.15, 0.2) is 11.5 Å². The lowest BCUT2D eigenvalue weighted by molar-refractivity contribution is 0.240. The highest BCUT2D eigenvalue weighted by molar-refractivity contribution is 6.30. The third-order valence-electron chi connectivity index (χ3n) is 5.21. The van der Waals surface area contributed by atoms with Crippen LogP contribution >= 0.6 is 11.6 Å². The number of nitrogens with one attached hydrogen (secondary N) is 3. The SMILES string of the molecule is COc1cc2nccc(Oc3ccc(NC(=O)NC(=O)Nc4ccc(Cl)cc4C)cc3)c2cc1OC. The minimum Gasteiger partial charge on any atom is -0.493 e. The molecule has 3 aromatic carbocycles. The number of pyridine rings is 1. The molecule has 0 radical (unpaired) electrons. The van der Waals surface area contributed by atoms with Gasteiger partial charge in [0.2, 0.25) is 0 Å². The molecule has 184 valence electrons. The van der Waals surface area contributed by atoms with Crippen LogP contribution in [0.15, 0.2) is 66.9 Å². The molecule has 0 aliphatic carbocycles. The van der Waals surface area contributed by atoms with Gasteiger partial charge in [-0.25, -0.2) is 9.59 Å². The third-order valence-corrected chi connectivity index (χ3v) is 5.45. The first-order valence-electron chi connectivity index (χ1n) is 10.8. The van der Waals surface area contributed by atoms with Crippen molar-refractivity contribution in [2.24, 2.45) is 0 Å². The maximum absolute atomic E-state index is 12.2. The average Bonchev–Trinajstić information content (AvgIpc) is 2.86. The highest BCUT2D eigenvalue weighted by Gasteiger charge is 2.12. The van der Waals surface area contributed by atoms with Crippen molar-refractivity contribution < 1.29 is 23.8 Å². The van der Waals surface area contributed by atoms with Crippen LogP contribution in [-0.2, 0) is 0 Å². The van der Waals surface area contributed by atoms with E-state index in [4.69, 9.17) is 25.8 Å². The van der Waals surface area contributed by atoms with Crippen LogP contribution in [0.3, 0.4) is 0 Å². The molecule has 1 heterocycles. The molecule has 0 bridgehead atoms. The lowest BCUT2D eigenvalue weighted by atomic mass is 10.2. The number of carbonyl (C=O) groups excluding carboxylic acids is 2. The Bertz CT molecular complexity index is 1430. The molecule has 4 amide bonds. The van der Waals surface area contributed by atoms with Crippen molar-refractivity contribution in [2.75, 3.05) is 24.9 Å². The van der Waals surface area contributed by atoms with Crippen LogP contribution in [0.1, 0.15) is 5.56 Å². The standard InChI is InChI=1S/C26H23ClN4O5/c1-15-12-16(27)4-9-20(15)30-26(33)31-25(32)29-17-5-7-18(8-6-17)36-22-10-11-28-21-14-24(35-3)23(34-2)13-19(21)22/h4-14H,1-3H3,(H3,29,30,31,32,33). The Morgan fingerprint density at radius 2 is 1.53 bits per heavy atom. The van der Waals surface area contributed by atoms with Crippen molar-refractivity contribution in [3.63, 3.8) is 0 Å². The smallest absolute Gasteiger partial charge is 0.327 e. The molecule has 9 nitrogen and oxygen atoms in total. The molecule has 36 heavy (non-hydrogen) atoms. The van der Waals surface area contributed by atoms with Gasteiger partial charge in [0.05, 0.1) is 19.7 Å². The molecule has 0 aliphatic rings. The number of anilines is 2. The van der Waals surface area contributed by atoms with Crippen molar-refractivity contribution in [1.29, 1.82) is 0 Å². The minimum atomic E-state index is -0.686. The van der Waals surface area contributed by atoms with Gasteiger partial charge in [0.1, 0.15) is 11.5 Å². The number of imide groups is 1. The number of aromatic nitrogens is 1. The summed E-state index contributed by atoms with van der Waals surface area (Å²) in [5.74, 6) is 2.25. The van der Waals surface area contributed by atoms with Gasteiger partial charge in [-0.15, -0.1) is 0 Å². The van der Waals surface area contributed by atoms with Crippen molar-refractivity contribution in [3.8, 4) is 23.0 Å². The summed E-state index contributed by atoms with van der Waals surface area (Å²) in [6.07, 6.45) is 1.64. The molecule has 0 aliphatic heterocycles. The number of methoxy groups -OCH3 is 2. The fraction of sp³-hybridized carbons (Fsp3) is 0.115. The number of hydrogen-bond acceptors (Lipinski definition) is 6. The van der Waals surface area contributed by atoms with Gasteiger partial charge in [-0.1, -0.05) is 11.6 Å². The maximum atomic E-state index is 12.2. The highest BCUT2D eigenvalue weighted by Crippen LogP contribution is 2.37. The molecule has 0 atom stereocenters. The number of ether oxygens (including phenoxy) is 3. The van der Waals surface area contributed by atoms with Gasteiger partial charge in [-0.05, 0) is 67.1 Å². The van der Waals surface area contributed by atoms with Crippen LogP contribution in [0, 0.1) is 6.92 Å². The zero-order valence-electron chi connectivity index (χ0n) is 19.7. The summed E-state index contributed by atoms with van der Waals surface area (Å²) in [6, 6.07) is 15.7. The van der Waals surface area contributed by atoms with Gasteiger partial charge in [-0.2, -0.15) is 0 Å². The number of nitrogens with zero attached hydrogens (tertiary/aromatic N) is 1. The largest absolute Gasteiger partial charge is 0.493 e. The lowest BCUT2D eigenvalue weighted by Crippen LogP contribution is -2.37. The Morgan fingerprint density at radius 1 is 0.833 bits per heavy atom. The molecule has 0 fully saturated rings. The number of halogens is 1. The fourth-order valence-electron chi connectivity index (χ4n) is 3.46. The number of fused-ring (bicyclic) bond motifs is 1. The number of aryl methyl sites for hydroxylation is 1. The topological polar surface area (TPSA) is 111 Å². The van der Waals surface area contributed by atoms with Crippen LogP contribution in [0.5, 0.6) is 23.0 Å². The summed E-state index contributed by atoms with van der Waals surface area (Å²) in [6.45, 7) is 1.80. The lowest BCUT2D eigenvalue weighted by Gasteiger charge is -2.13. The Balaban J connectivity index is 1.39. The molecule has 0 spiro atoms. The molecule has 3 N–H and O–H groups in total. The van der Waals surface area contributed by atoms with Gasteiger partial charge in [-0.3, -0.25) is 10.3 Å². The molecule has 0 unspecified atom stereocenters. The number of benzene rings is 3. The minimum absolute atomic E-state index is 0.473. The van der Waals surface area contributed by atoms with E-state index in [1.54, 1.807) is 88.0 Å². The average molecular weight is 507 g/mol. The van der Waals surface area contributed by atoms with Crippen LogP contribution < -0.4 is 30.2 Å². The third kappa shape index (κ3) is 5.76. The van der Waals surface area contributed by atoms with Crippen molar-refractivity contribution in [2.45, 2.75) is 6.92 Å². The second kappa shape index (κ2) is 10.8. The van der Waals surface area contributed by atoms with E-state index >= 15 is 0 Å². The molecule has 4 rings (SSSR count). The van der Waals surface area contributed by atoms with E-state index in [9.17, 15) is 9.59 Å². The monoisotopic (exact) mass is 506 g/mol. The van der Waals surface area contributed by atoms with Gasteiger partial charge >= 0.3 is 12.1 Å². The summed E-state index contributed by atoms with van der Waals surface area (Å²) in [5, 5.41) is 8.74. The Hall–Kier alpha value is -4.50. The highest BCUT2D eigenvalue weighted by atomic mass is 35.5. The Morgan fingerprint density at radius 3 is 2.22 bits per heavy atom. The van der Waals surface area contributed by atoms with E-state index in [1.165, 1.54) is 0 Å². The molecule has 0 saturated carbocycles. The van der Waals surface area contributed by atoms with Crippen molar-refractivity contribution in [1.82, 2.24) is 10.3 Å². The first kappa shape index (κ1) is 24.6. The normalized spacial score (nSPS) is 10.4. The molecule has 1 aromatic heterocycles.